The van der Waals surface area contributed by atoms with Crippen LogP contribution in [0.3, 0.4) is 0 Å². The molecule has 0 saturated heterocycles. The average molecular weight is 471 g/mol. The number of nitro benzene ring substituents is 1. The molecule has 9 nitrogen and oxygen atoms in total. The number of rotatable bonds is 6. The van der Waals surface area contributed by atoms with Crippen molar-refractivity contribution in [3.8, 4) is 11.5 Å². The molecule has 2 amide bonds. The van der Waals surface area contributed by atoms with Crippen LogP contribution in [0.25, 0.3) is 0 Å². The molecule has 0 unspecified atom stereocenters. The van der Waals surface area contributed by atoms with Crippen molar-refractivity contribution in [3.05, 3.63) is 61.7 Å². The van der Waals surface area contributed by atoms with Gasteiger partial charge >= 0.3 is 5.69 Å². The van der Waals surface area contributed by atoms with Gasteiger partial charge in [0.2, 0.25) is 0 Å². The van der Waals surface area contributed by atoms with E-state index >= 15 is 0 Å². The zero-order chi connectivity index (χ0) is 19.1. The van der Waals surface area contributed by atoms with Crippen LogP contribution in [-0.2, 0) is 4.79 Å². The molecule has 2 rings (SSSR count). The van der Waals surface area contributed by atoms with E-state index in [0.29, 0.717) is 11.3 Å². The van der Waals surface area contributed by atoms with Crippen molar-refractivity contribution in [2.45, 2.75) is 0 Å². The Morgan fingerprint density at radius 3 is 2.54 bits per heavy atom. The molecule has 2 aromatic rings. The Morgan fingerprint density at radius 2 is 1.88 bits per heavy atom. The van der Waals surface area contributed by atoms with Gasteiger partial charge in [0.15, 0.2) is 12.4 Å². The smallest absolute Gasteiger partial charge is 0.310 e. The fourth-order valence-electron chi connectivity index (χ4n) is 1.92. The van der Waals surface area contributed by atoms with Gasteiger partial charge in [0.05, 0.1) is 15.6 Å². The lowest BCUT2D eigenvalue weighted by Gasteiger charge is -2.10. The zero-order valence-corrected chi connectivity index (χ0v) is 15.7. The molecule has 26 heavy (non-hydrogen) atoms. The SMILES string of the molecule is COc1ccc(C(=O)NNC(=O)COc2ccccc2[N+](=O)[O-])cc1I. The number of nitro groups is 1. The van der Waals surface area contributed by atoms with Gasteiger partial charge in [-0.25, -0.2) is 0 Å². The Morgan fingerprint density at radius 1 is 1.15 bits per heavy atom. The Labute approximate surface area is 161 Å². The number of ether oxygens (including phenoxy) is 2. The molecule has 0 saturated carbocycles. The third kappa shape index (κ3) is 5.05. The second-order valence-corrected chi connectivity index (χ2v) is 6.03. The first-order chi connectivity index (χ1) is 12.4. The summed E-state index contributed by atoms with van der Waals surface area (Å²) in [6.45, 7) is -0.495. The Balaban J connectivity index is 1.88. The minimum atomic E-state index is -0.667. The molecule has 0 fully saturated rings. The highest BCUT2D eigenvalue weighted by Gasteiger charge is 2.15. The highest BCUT2D eigenvalue weighted by Crippen LogP contribution is 2.25. The van der Waals surface area contributed by atoms with Gasteiger partial charge in [-0.2, -0.15) is 0 Å². The lowest BCUT2D eigenvalue weighted by molar-refractivity contribution is -0.385. The third-order valence-corrected chi connectivity index (χ3v) is 3.99. The number of nitrogens with zero attached hydrogens (tertiary/aromatic N) is 1. The maximum atomic E-state index is 12.0. The fraction of sp³-hybridized carbons (Fsp3) is 0.125. The third-order valence-electron chi connectivity index (χ3n) is 3.15. The first-order valence-corrected chi connectivity index (χ1v) is 8.29. The molecule has 0 aliphatic carbocycles. The van der Waals surface area contributed by atoms with Gasteiger partial charge in [0, 0.05) is 11.6 Å². The molecule has 0 atom stereocenters. The molecule has 0 spiro atoms. The summed E-state index contributed by atoms with van der Waals surface area (Å²) in [4.78, 5) is 34.0. The summed E-state index contributed by atoms with van der Waals surface area (Å²) in [5.74, 6) is -0.600. The number of carbonyl (C=O) groups excluding carboxylic acids is 2. The summed E-state index contributed by atoms with van der Waals surface area (Å²) in [5, 5.41) is 10.9. The van der Waals surface area contributed by atoms with Gasteiger partial charge < -0.3 is 9.47 Å². The van der Waals surface area contributed by atoms with Crippen molar-refractivity contribution in [2.75, 3.05) is 13.7 Å². The molecule has 0 radical (unpaired) electrons. The summed E-state index contributed by atoms with van der Waals surface area (Å²) >= 11 is 2.02. The summed E-state index contributed by atoms with van der Waals surface area (Å²) in [6, 6.07) is 10.5. The quantitative estimate of drug-likeness (QED) is 0.378. The lowest BCUT2D eigenvalue weighted by atomic mass is 10.2. The average Bonchev–Trinajstić information content (AvgIpc) is 2.64. The molecule has 0 aromatic heterocycles. The minimum Gasteiger partial charge on any atom is -0.496 e. The van der Waals surface area contributed by atoms with Crippen molar-refractivity contribution in [2.24, 2.45) is 0 Å². The second kappa shape index (κ2) is 8.99. The number of hydrogen-bond donors (Lipinski definition) is 2. The maximum Gasteiger partial charge on any atom is 0.310 e. The van der Waals surface area contributed by atoms with Crippen LogP contribution in [0.5, 0.6) is 11.5 Å². The lowest BCUT2D eigenvalue weighted by Crippen LogP contribution is -2.43. The van der Waals surface area contributed by atoms with Crippen LogP contribution >= 0.6 is 22.6 Å². The van der Waals surface area contributed by atoms with Gasteiger partial charge in [-0.05, 0) is 46.9 Å². The second-order valence-electron chi connectivity index (χ2n) is 4.87. The number of halogens is 1. The van der Waals surface area contributed by atoms with Gasteiger partial charge in [-0.15, -0.1) is 0 Å². The first kappa shape index (κ1) is 19.4. The highest BCUT2D eigenvalue weighted by atomic mass is 127. The molecular weight excluding hydrogens is 457 g/mol. The van der Waals surface area contributed by atoms with E-state index in [1.165, 1.54) is 25.3 Å². The van der Waals surface area contributed by atoms with E-state index in [0.717, 1.165) is 3.57 Å². The van der Waals surface area contributed by atoms with Gasteiger partial charge in [0.1, 0.15) is 5.75 Å². The molecule has 0 heterocycles. The predicted molar refractivity (Wildman–Crippen MR) is 99.9 cm³/mol. The van der Waals surface area contributed by atoms with E-state index in [9.17, 15) is 19.7 Å². The number of methoxy groups -OCH3 is 1. The van der Waals surface area contributed by atoms with E-state index in [2.05, 4.69) is 10.9 Å². The van der Waals surface area contributed by atoms with E-state index in [1.807, 2.05) is 22.6 Å². The molecule has 0 aliphatic heterocycles. The molecule has 0 bridgehead atoms. The van der Waals surface area contributed by atoms with Crippen LogP contribution in [0.1, 0.15) is 10.4 Å². The maximum absolute atomic E-state index is 12.0. The van der Waals surface area contributed by atoms with Gasteiger partial charge in [-0.3, -0.25) is 30.6 Å². The predicted octanol–water partition coefficient (Wildman–Crippen LogP) is 2.05. The summed E-state index contributed by atoms with van der Waals surface area (Å²) in [6.07, 6.45) is 0. The molecule has 136 valence electrons. The van der Waals surface area contributed by atoms with Gasteiger partial charge in [-0.1, -0.05) is 12.1 Å². The van der Waals surface area contributed by atoms with Crippen LogP contribution in [0.2, 0.25) is 0 Å². The van der Waals surface area contributed by atoms with Crippen molar-refractivity contribution >= 4 is 40.1 Å². The summed E-state index contributed by atoms with van der Waals surface area (Å²) in [7, 11) is 1.52. The Bertz CT molecular complexity index is 842. The number of para-hydroxylation sites is 2. The molecular formula is C16H14IN3O6. The summed E-state index contributed by atoms with van der Waals surface area (Å²) < 4.78 is 11.0. The van der Waals surface area contributed by atoms with E-state index < -0.39 is 23.3 Å². The fourth-order valence-corrected chi connectivity index (χ4v) is 2.65. The number of hydrazine groups is 1. The monoisotopic (exact) mass is 471 g/mol. The number of hydrogen-bond acceptors (Lipinski definition) is 6. The van der Waals surface area contributed by atoms with Gasteiger partial charge in [0.25, 0.3) is 11.8 Å². The molecule has 2 N–H and O–H groups in total. The van der Waals surface area contributed by atoms with Crippen molar-refractivity contribution in [1.82, 2.24) is 10.9 Å². The van der Waals surface area contributed by atoms with Crippen molar-refractivity contribution < 1.29 is 24.0 Å². The van der Waals surface area contributed by atoms with Crippen molar-refractivity contribution in [3.63, 3.8) is 0 Å². The molecule has 0 aliphatic rings. The van der Waals surface area contributed by atoms with E-state index in [-0.39, 0.29) is 11.4 Å². The minimum absolute atomic E-state index is 0.0383. The van der Waals surface area contributed by atoms with Crippen LogP contribution in [0.15, 0.2) is 42.5 Å². The van der Waals surface area contributed by atoms with Crippen LogP contribution < -0.4 is 20.3 Å². The van der Waals surface area contributed by atoms with Crippen molar-refractivity contribution in [1.29, 1.82) is 0 Å². The highest BCUT2D eigenvalue weighted by molar-refractivity contribution is 14.1. The zero-order valence-electron chi connectivity index (χ0n) is 13.5. The first-order valence-electron chi connectivity index (χ1n) is 7.21. The largest absolute Gasteiger partial charge is 0.496 e. The molecule has 10 heteroatoms. The topological polar surface area (TPSA) is 120 Å². The normalized spacial score (nSPS) is 9.92. The van der Waals surface area contributed by atoms with Crippen LogP contribution in [0.4, 0.5) is 5.69 Å². The summed E-state index contributed by atoms with van der Waals surface area (Å²) in [5.41, 5.74) is 4.50. The molecule has 2 aromatic carbocycles. The Kier molecular flexibility index (Phi) is 6.72. The number of carbonyl (C=O) groups is 2. The van der Waals surface area contributed by atoms with E-state index in [1.54, 1.807) is 24.3 Å². The number of amides is 2. The number of benzene rings is 2. The number of nitrogens with one attached hydrogen (secondary N) is 2. The van der Waals surface area contributed by atoms with E-state index in [4.69, 9.17) is 9.47 Å². The van der Waals surface area contributed by atoms with Crippen LogP contribution in [0, 0.1) is 13.7 Å². The van der Waals surface area contributed by atoms with Crippen LogP contribution in [-0.4, -0.2) is 30.5 Å². The Hall–Kier alpha value is -2.89. The standard InChI is InChI=1S/C16H14IN3O6/c1-25-13-7-6-10(8-11(13)17)16(22)19-18-15(21)9-26-14-5-3-2-4-12(14)20(23)24/h2-8H,9H2,1H3,(H,18,21)(H,19,22).